The molecule has 2 rings (SSSR count). The summed E-state index contributed by atoms with van der Waals surface area (Å²) in [5.74, 6) is 1.16. The lowest BCUT2D eigenvalue weighted by Gasteiger charge is -2.09. The van der Waals surface area contributed by atoms with Crippen molar-refractivity contribution in [2.75, 3.05) is 0 Å². The van der Waals surface area contributed by atoms with Crippen molar-refractivity contribution in [3.8, 4) is 5.75 Å². The zero-order valence-electron chi connectivity index (χ0n) is 11.9. The standard InChI is InChI=1S/C17H24O2/c1-2-3-4-5-6-7-11-15(18)17-13-14-10-8-9-12-16(14)19-17/h8-10,12,17H,2-7,11,13H2,1H3. The first-order chi connectivity index (χ1) is 9.31. The molecule has 1 heterocycles. The highest BCUT2D eigenvalue weighted by Crippen LogP contribution is 2.29. The second kappa shape index (κ2) is 7.32. The molecule has 0 aromatic heterocycles. The zero-order chi connectivity index (χ0) is 13.5. The van der Waals surface area contributed by atoms with Crippen molar-refractivity contribution in [1.29, 1.82) is 0 Å². The van der Waals surface area contributed by atoms with E-state index in [9.17, 15) is 4.79 Å². The second-order valence-corrected chi connectivity index (χ2v) is 5.40. The summed E-state index contributed by atoms with van der Waals surface area (Å²) in [5.41, 5.74) is 1.17. The van der Waals surface area contributed by atoms with Gasteiger partial charge >= 0.3 is 0 Å². The number of fused-ring (bicyclic) bond motifs is 1. The SMILES string of the molecule is CCCCCCCCC(=O)C1Cc2ccccc2O1. The van der Waals surface area contributed by atoms with Crippen LogP contribution in [-0.2, 0) is 11.2 Å². The molecule has 1 atom stereocenters. The summed E-state index contributed by atoms with van der Waals surface area (Å²) in [5, 5.41) is 0. The van der Waals surface area contributed by atoms with Crippen LogP contribution < -0.4 is 4.74 Å². The zero-order valence-corrected chi connectivity index (χ0v) is 11.9. The summed E-state index contributed by atoms with van der Waals surface area (Å²) >= 11 is 0. The first-order valence-electron chi connectivity index (χ1n) is 7.58. The summed E-state index contributed by atoms with van der Waals surface area (Å²) in [6, 6.07) is 7.96. The van der Waals surface area contributed by atoms with Crippen molar-refractivity contribution < 1.29 is 9.53 Å². The van der Waals surface area contributed by atoms with Crippen molar-refractivity contribution in [2.45, 2.75) is 64.4 Å². The average molecular weight is 260 g/mol. The predicted molar refractivity (Wildman–Crippen MR) is 77.6 cm³/mol. The van der Waals surface area contributed by atoms with Crippen LogP contribution in [0.3, 0.4) is 0 Å². The van der Waals surface area contributed by atoms with Crippen LogP contribution in [0.15, 0.2) is 24.3 Å². The summed E-state index contributed by atoms with van der Waals surface area (Å²) in [6.07, 6.45) is 8.53. The van der Waals surface area contributed by atoms with Crippen LogP contribution in [-0.4, -0.2) is 11.9 Å². The highest BCUT2D eigenvalue weighted by molar-refractivity contribution is 5.84. The molecule has 0 bridgehead atoms. The molecule has 104 valence electrons. The van der Waals surface area contributed by atoms with Gasteiger partial charge in [0.25, 0.3) is 0 Å². The number of hydrogen-bond acceptors (Lipinski definition) is 2. The van der Waals surface area contributed by atoms with Crippen LogP contribution in [0.1, 0.15) is 57.4 Å². The monoisotopic (exact) mass is 260 g/mol. The molecule has 1 aromatic rings. The number of carbonyl (C=O) groups excluding carboxylic acids is 1. The van der Waals surface area contributed by atoms with E-state index in [2.05, 4.69) is 6.92 Å². The Bertz CT molecular complexity index is 386. The maximum absolute atomic E-state index is 12.1. The molecule has 0 saturated heterocycles. The van der Waals surface area contributed by atoms with Gasteiger partial charge in [-0.3, -0.25) is 4.79 Å². The minimum Gasteiger partial charge on any atom is -0.482 e. The molecule has 1 aliphatic heterocycles. The van der Waals surface area contributed by atoms with Crippen LogP contribution in [0.5, 0.6) is 5.75 Å². The van der Waals surface area contributed by atoms with E-state index in [1.54, 1.807) is 0 Å². The predicted octanol–water partition coefficient (Wildman–Crippen LogP) is 4.31. The summed E-state index contributed by atoms with van der Waals surface area (Å²) < 4.78 is 5.71. The molecule has 1 unspecified atom stereocenters. The van der Waals surface area contributed by atoms with E-state index < -0.39 is 0 Å². The van der Waals surface area contributed by atoms with E-state index in [-0.39, 0.29) is 11.9 Å². The largest absolute Gasteiger partial charge is 0.482 e. The third-order valence-electron chi connectivity index (χ3n) is 3.78. The van der Waals surface area contributed by atoms with Gasteiger partial charge in [-0.05, 0) is 18.1 Å². The van der Waals surface area contributed by atoms with E-state index in [1.807, 2.05) is 24.3 Å². The molecule has 0 N–H and O–H groups in total. The van der Waals surface area contributed by atoms with Gasteiger partial charge in [-0.1, -0.05) is 57.2 Å². The van der Waals surface area contributed by atoms with Crippen molar-refractivity contribution in [3.63, 3.8) is 0 Å². The van der Waals surface area contributed by atoms with Crippen molar-refractivity contribution in [1.82, 2.24) is 0 Å². The van der Waals surface area contributed by atoms with Gasteiger partial charge in [0.05, 0.1) is 0 Å². The number of Topliss-reactive ketones (excluding diaryl/α,β-unsaturated/α-hetero) is 1. The van der Waals surface area contributed by atoms with Gasteiger partial charge in [0.1, 0.15) is 5.75 Å². The van der Waals surface area contributed by atoms with Gasteiger partial charge in [-0.2, -0.15) is 0 Å². The summed E-state index contributed by atoms with van der Waals surface area (Å²) in [4.78, 5) is 12.1. The third-order valence-corrected chi connectivity index (χ3v) is 3.78. The number of unbranched alkanes of at least 4 members (excludes halogenated alkanes) is 5. The number of carbonyl (C=O) groups is 1. The van der Waals surface area contributed by atoms with E-state index in [4.69, 9.17) is 4.74 Å². The molecular weight excluding hydrogens is 236 g/mol. The molecule has 1 aromatic carbocycles. The molecule has 0 saturated carbocycles. The van der Waals surface area contributed by atoms with Crippen LogP contribution in [0.2, 0.25) is 0 Å². The highest BCUT2D eigenvalue weighted by Gasteiger charge is 2.27. The molecular formula is C17H24O2. The molecule has 2 heteroatoms. The van der Waals surface area contributed by atoms with E-state index in [0.717, 1.165) is 18.6 Å². The lowest BCUT2D eigenvalue weighted by atomic mass is 10.0. The molecule has 0 spiro atoms. The lowest BCUT2D eigenvalue weighted by molar-refractivity contribution is -0.125. The van der Waals surface area contributed by atoms with E-state index in [1.165, 1.54) is 37.7 Å². The molecule has 0 aliphatic carbocycles. The molecule has 2 nitrogen and oxygen atoms in total. The Balaban J connectivity index is 1.66. The fourth-order valence-electron chi connectivity index (χ4n) is 2.60. The fourth-order valence-corrected chi connectivity index (χ4v) is 2.60. The van der Waals surface area contributed by atoms with Crippen LogP contribution in [0.4, 0.5) is 0 Å². The van der Waals surface area contributed by atoms with E-state index in [0.29, 0.717) is 6.42 Å². The molecule has 19 heavy (non-hydrogen) atoms. The number of ketones is 1. The average Bonchev–Trinajstić information content (AvgIpc) is 2.86. The Labute approximate surface area is 116 Å². The maximum atomic E-state index is 12.1. The summed E-state index contributed by atoms with van der Waals surface area (Å²) in [6.45, 7) is 2.22. The Morgan fingerprint density at radius 3 is 2.68 bits per heavy atom. The Morgan fingerprint density at radius 2 is 1.89 bits per heavy atom. The normalized spacial score (nSPS) is 17.0. The Hall–Kier alpha value is -1.31. The van der Waals surface area contributed by atoms with Gasteiger partial charge in [0, 0.05) is 12.8 Å². The molecule has 0 fully saturated rings. The van der Waals surface area contributed by atoms with Crippen molar-refractivity contribution >= 4 is 5.78 Å². The van der Waals surface area contributed by atoms with Crippen LogP contribution in [0.25, 0.3) is 0 Å². The number of benzene rings is 1. The van der Waals surface area contributed by atoms with Crippen LogP contribution >= 0.6 is 0 Å². The number of rotatable bonds is 8. The van der Waals surface area contributed by atoms with Crippen molar-refractivity contribution in [2.24, 2.45) is 0 Å². The number of ether oxygens (including phenoxy) is 1. The lowest BCUT2D eigenvalue weighted by Crippen LogP contribution is -2.24. The number of para-hydroxylation sites is 1. The molecule has 1 aliphatic rings. The first kappa shape index (κ1) is 14.1. The van der Waals surface area contributed by atoms with E-state index >= 15 is 0 Å². The molecule has 0 radical (unpaired) electrons. The van der Waals surface area contributed by atoms with Gasteiger partial charge in [0.15, 0.2) is 11.9 Å². The Morgan fingerprint density at radius 1 is 1.16 bits per heavy atom. The summed E-state index contributed by atoms with van der Waals surface area (Å²) in [7, 11) is 0. The van der Waals surface area contributed by atoms with Gasteiger partial charge in [0.2, 0.25) is 0 Å². The second-order valence-electron chi connectivity index (χ2n) is 5.40. The smallest absolute Gasteiger partial charge is 0.173 e. The fraction of sp³-hybridized carbons (Fsp3) is 0.588. The minimum absolute atomic E-state index is 0.229. The quantitative estimate of drug-likeness (QED) is 0.651. The third kappa shape index (κ3) is 4.09. The topological polar surface area (TPSA) is 26.3 Å². The highest BCUT2D eigenvalue weighted by atomic mass is 16.5. The molecule has 0 amide bonds. The minimum atomic E-state index is -0.229. The van der Waals surface area contributed by atoms with Gasteiger partial charge in [-0.25, -0.2) is 0 Å². The first-order valence-corrected chi connectivity index (χ1v) is 7.58. The Kier molecular flexibility index (Phi) is 5.44. The van der Waals surface area contributed by atoms with Crippen molar-refractivity contribution in [3.05, 3.63) is 29.8 Å². The van der Waals surface area contributed by atoms with Gasteiger partial charge < -0.3 is 4.74 Å². The number of hydrogen-bond donors (Lipinski definition) is 0. The van der Waals surface area contributed by atoms with Crippen LogP contribution in [0, 0.1) is 0 Å². The maximum Gasteiger partial charge on any atom is 0.173 e. The van der Waals surface area contributed by atoms with Gasteiger partial charge in [-0.15, -0.1) is 0 Å².